The number of fused-ring (bicyclic) bond motifs is 3. The van der Waals surface area contributed by atoms with Crippen LogP contribution in [0, 0.1) is 0 Å². The third kappa shape index (κ3) is 1.57. The summed E-state index contributed by atoms with van der Waals surface area (Å²) in [6, 6.07) is 20.5. The average Bonchev–Trinajstić information content (AvgIpc) is 2.84. The van der Waals surface area contributed by atoms with Gasteiger partial charge in [-0.25, -0.2) is 4.98 Å². The number of nitrogens with zero attached hydrogens (tertiary/aromatic N) is 2. The van der Waals surface area contributed by atoms with Gasteiger partial charge in [0.05, 0.1) is 5.52 Å². The van der Waals surface area contributed by atoms with Crippen LogP contribution in [-0.4, -0.2) is 9.55 Å². The van der Waals surface area contributed by atoms with E-state index in [1.807, 2.05) is 42.6 Å². The Morgan fingerprint density at radius 2 is 1.60 bits per heavy atom. The topological polar surface area (TPSA) is 17.8 Å². The number of rotatable bonds is 1. The van der Waals surface area contributed by atoms with E-state index in [4.69, 9.17) is 0 Å². The van der Waals surface area contributed by atoms with Gasteiger partial charge < -0.3 is 0 Å². The second-order valence-electron chi connectivity index (χ2n) is 4.72. The number of aromatic nitrogens is 2. The van der Waals surface area contributed by atoms with Gasteiger partial charge >= 0.3 is 0 Å². The van der Waals surface area contributed by atoms with Gasteiger partial charge in [-0.05, 0) is 30.3 Å². The SMILES string of the molecule is Sc1cccc2c3cccnc3n(-c3ccccc3)c12. The molecule has 96 valence electrons. The average molecular weight is 276 g/mol. The summed E-state index contributed by atoms with van der Waals surface area (Å²) in [7, 11) is 0. The normalized spacial score (nSPS) is 11.2. The molecule has 0 unspecified atom stereocenters. The van der Waals surface area contributed by atoms with Gasteiger partial charge in [-0.15, -0.1) is 12.6 Å². The van der Waals surface area contributed by atoms with Crippen molar-refractivity contribution in [1.82, 2.24) is 9.55 Å². The first kappa shape index (κ1) is 11.6. The molecule has 0 saturated carbocycles. The number of hydrogen-bond donors (Lipinski definition) is 1. The number of benzene rings is 2. The first-order valence-corrected chi connectivity index (χ1v) is 6.93. The van der Waals surface area contributed by atoms with Gasteiger partial charge in [-0.3, -0.25) is 4.57 Å². The summed E-state index contributed by atoms with van der Waals surface area (Å²) in [6.07, 6.45) is 1.83. The summed E-state index contributed by atoms with van der Waals surface area (Å²) in [6.45, 7) is 0. The zero-order valence-electron chi connectivity index (χ0n) is 10.7. The highest BCUT2D eigenvalue weighted by Crippen LogP contribution is 2.33. The lowest BCUT2D eigenvalue weighted by molar-refractivity contribution is 1.12. The lowest BCUT2D eigenvalue weighted by Crippen LogP contribution is -1.95. The second kappa shape index (κ2) is 4.39. The maximum absolute atomic E-state index is 4.63. The highest BCUT2D eigenvalue weighted by molar-refractivity contribution is 7.80. The smallest absolute Gasteiger partial charge is 0.145 e. The summed E-state index contributed by atoms with van der Waals surface area (Å²) in [5.41, 5.74) is 3.18. The molecule has 0 aliphatic heterocycles. The van der Waals surface area contributed by atoms with Crippen LogP contribution in [0.1, 0.15) is 0 Å². The predicted octanol–water partition coefficient (Wildman–Crippen LogP) is 4.47. The van der Waals surface area contributed by atoms with Crippen molar-refractivity contribution in [3.63, 3.8) is 0 Å². The zero-order chi connectivity index (χ0) is 13.5. The van der Waals surface area contributed by atoms with Gasteiger partial charge in [-0.2, -0.15) is 0 Å². The fourth-order valence-corrected chi connectivity index (χ4v) is 3.01. The van der Waals surface area contributed by atoms with Gasteiger partial charge in [-0.1, -0.05) is 30.3 Å². The van der Waals surface area contributed by atoms with Crippen LogP contribution < -0.4 is 0 Å². The molecule has 4 rings (SSSR count). The molecule has 2 heterocycles. The molecule has 2 aromatic heterocycles. The van der Waals surface area contributed by atoms with E-state index in [1.165, 1.54) is 5.39 Å². The van der Waals surface area contributed by atoms with Crippen LogP contribution in [0.5, 0.6) is 0 Å². The number of hydrogen-bond acceptors (Lipinski definition) is 2. The molecule has 20 heavy (non-hydrogen) atoms. The number of thiol groups is 1. The Labute approximate surface area is 122 Å². The summed E-state index contributed by atoms with van der Waals surface area (Å²) >= 11 is 4.63. The Morgan fingerprint density at radius 1 is 0.800 bits per heavy atom. The van der Waals surface area contributed by atoms with Gasteiger partial charge in [0.15, 0.2) is 0 Å². The van der Waals surface area contributed by atoms with E-state index < -0.39 is 0 Å². The number of pyridine rings is 1. The van der Waals surface area contributed by atoms with Crippen LogP contribution in [0.4, 0.5) is 0 Å². The first-order chi connectivity index (χ1) is 9.86. The van der Waals surface area contributed by atoms with Gasteiger partial charge in [0.1, 0.15) is 5.65 Å². The van der Waals surface area contributed by atoms with Crippen molar-refractivity contribution >= 4 is 34.6 Å². The van der Waals surface area contributed by atoms with E-state index in [2.05, 4.69) is 46.4 Å². The molecule has 0 amide bonds. The van der Waals surface area contributed by atoms with Crippen LogP contribution in [0.2, 0.25) is 0 Å². The maximum atomic E-state index is 4.63. The third-order valence-electron chi connectivity index (χ3n) is 3.54. The Kier molecular flexibility index (Phi) is 2.54. The van der Waals surface area contributed by atoms with Crippen molar-refractivity contribution in [3.8, 4) is 5.69 Å². The fourth-order valence-electron chi connectivity index (χ4n) is 2.70. The molecule has 2 aromatic carbocycles. The minimum Gasteiger partial charge on any atom is -0.293 e. The lowest BCUT2D eigenvalue weighted by Gasteiger charge is -2.07. The molecule has 0 aliphatic carbocycles. The number of para-hydroxylation sites is 2. The Hall–Kier alpha value is -2.26. The molecule has 0 spiro atoms. The van der Waals surface area contributed by atoms with E-state index in [0.717, 1.165) is 27.1 Å². The zero-order valence-corrected chi connectivity index (χ0v) is 11.6. The quantitative estimate of drug-likeness (QED) is 0.508. The van der Waals surface area contributed by atoms with Crippen LogP contribution in [0.3, 0.4) is 0 Å². The molecule has 0 atom stereocenters. The summed E-state index contributed by atoms with van der Waals surface area (Å²) < 4.78 is 2.17. The van der Waals surface area contributed by atoms with E-state index >= 15 is 0 Å². The van der Waals surface area contributed by atoms with E-state index in [0.29, 0.717) is 0 Å². The van der Waals surface area contributed by atoms with Gasteiger partial charge in [0.2, 0.25) is 0 Å². The highest BCUT2D eigenvalue weighted by Gasteiger charge is 2.14. The largest absolute Gasteiger partial charge is 0.293 e. The van der Waals surface area contributed by atoms with Crippen molar-refractivity contribution in [2.24, 2.45) is 0 Å². The maximum Gasteiger partial charge on any atom is 0.145 e. The van der Waals surface area contributed by atoms with Gasteiger partial charge in [0, 0.05) is 27.6 Å². The Bertz CT molecular complexity index is 910. The molecule has 0 fully saturated rings. The summed E-state index contributed by atoms with van der Waals surface area (Å²) in [5, 5.41) is 2.34. The van der Waals surface area contributed by atoms with Crippen molar-refractivity contribution in [3.05, 3.63) is 66.9 Å². The standard InChI is InChI=1S/C17H12N2S/c20-15-10-4-8-13-14-9-5-11-18-17(14)19(16(13)15)12-6-2-1-3-7-12/h1-11,20H. The minimum absolute atomic E-state index is 0.962. The van der Waals surface area contributed by atoms with Crippen molar-refractivity contribution in [2.45, 2.75) is 4.90 Å². The summed E-state index contributed by atoms with van der Waals surface area (Å²) in [4.78, 5) is 5.53. The van der Waals surface area contributed by atoms with Crippen molar-refractivity contribution in [1.29, 1.82) is 0 Å². The van der Waals surface area contributed by atoms with E-state index in [1.54, 1.807) is 0 Å². The van der Waals surface area contributed by atoms with Crippen molar-refractivity contribution < 1.29 is 0 Å². The highest BCUT2D eigenvalue weighted by atomic mass is 32.1. The van der Waals surface area contributed by atoms with Crippen LogP contribution in [0.25, 0.3) is 27.6 Å². The molecular formula is C17H12N2S. The molecule has 0 aliphatic rings. The second-order valence-corrected chi connectivity index (χ2v) is 5.20. The summed E-state index contributed by atoms with van der Waals surface area (Å²) in [5.74, 6) is 0. The van der Waals surface area contributed by atoms with Crippen LogP contribution in [-0.2, 0) is 0 Å². The molecule has 2 nitrogen and oxygen atoms in total. The lowest BCUT2D eigenvalue weighted by atomic mass is 10.2. The minimum atomic E-state index is 0.962. The Morgan fingerprint density at radius 3 is 2.45 bits per heavy atom. The first-order valence-electron chi connectivity index (χ1n) is 6.49. The molecule has 4 aromatic rings. The molecule has 3 heteroatoms. The Balaban J connectivity index is 2.27. The van der Waals surface area contributed by atoms with Crippen LogP contribution in [0.15, 0.2) is 71.8 Å². The molecule has 0 N–H and O–H groups in total. The van der Waals surface area contributed by atoms with Gasteiger partial charge in [0.25, 0.3) is 0 Å². The van der Waals surface area contributed by atoms with E-state index in [-0.39, 0.29) is 0 Å². The van der Waals surface area contributed by atoms with Crippen LogP contribution >= 0.6 is 12.6 Å². The predicted molar refractivity (Wildman–Crippen MR) is 85.8 cm³/mol. The molecule has 0 bridgehead atoms. The van der Waals surface area contributed by atoms with E-state index in [9.17, 15) is 0 Å². The molecule has 0 radical (unpaired) electrons. The van der Waals surface area contributed by atoms with Crippen molar-refractivity contribution in [2.75, 3.05) is 0 Å². The molecular weight excluding hydrogens is 264 g/mol. The molecule has 0 saturated heterocycles. The monoisotopic (exact) mass is 276 g/mol. The fraction of sp³-hybridized carbons (Fsp3) is 0. The third-order valence-corrected chi connectivity index (χ3v) is 3.90.